The third-order valence-electron chi connectivity index (χ3n) is 1.72. The van der Waals surface area contributed by atoms with E-state index < -0.39 is 0 Å². The molecule has 2 aromatic rings. The number of rotatable bonds is 0. The Hall–Kier alpha value is -1.37. The van der Waals surface area contributed by atoms with E-state index in [0.717, 1.165) is 0 Å². The molecule has 0 radical (unpaired) electrons. The lowest BCUT2D eigenvalue weighted by Crippen LogP contribution is -1.86. The first-order valence-electron chi connectivity index (χ1n) is 3.72. The summed E-state index contributed by atoms with van der Waals surface area (Å²) in [4.78, 5) is 8.05. The van der Waals surface area contributed by atoms with Gasteiger partial charge in [0.05, 0.1) is 27.8 Å². The predicted molar refractivity (Wildman–Crippen MR) is 54.3 cm³/mol. The Morgan fingerprint density at radius 2 is 2.00 bits per heavy atom. The van der Waals surface area contributed by atoms with Crippen LogP contribution in [0.3, 0.4) is 0 Å². The van der Waals surface area contributed by atoms with Gasteiger partial charge in [-0.1, -0.05) is 23.2 Å². The van der Waals surface area contributed by atoms with Crippen LogP contribution in [-0.2, 0) is 0 Å². The first-order chi connectivity index (χ1) is 6.70. The second kappa shape index (κ2) is 3.41. The van der Waals surface area contributed by atoms with Gasteiger partial charge in [0.15, 0.2) is 0 Å². The topological polar surface area (TPSA) is 49.6 Å². The van der Waals surface area contributed by atoms with E-state index >= 15 is 0 Å². The first-order valence-corrected chi connectivity index (χ1v) is 4.48. The first kappa shape index (κ1) is 9.20. The fourth-order valence-corrected chi connectivity index (χ4v) is 1.44. The van der Waals surface area contributed by atoms with Crippen LogP contribution in [0.4, 0.5) is 0 Å². The zero-order valence-electron chi connectivity index (χ0n) is 6.83. The van der Waals surface area contributed by atoms with Crippen LogP contribution >= 0.6 is 23.2 Å². The highest BCUT2D eigenvalue weighted by molar-refractivity contribution is 6.32. The van der Waals surface area contributed by atoms with Crippen molar-refractivity contribution in [3.8, 4) is 6.07 Å². The van der Waals surface area contributed by atoms with E-state index in [4.69, 9.17) is 28.5 Å². The molecule has 0 N–H and O–H groups in total. The molecule has 0 unspecified atom stereocenters. The Bertz CT molecular complexity index is 545. The number of benzene rings is 1. The molecule has 1 aromatic heterocycles. The molecule has 1 heterocycles. The van der Waals surface area contributed by atoms with Crippen molar-refractivity contribution in [1.82, 2.24) is 9.97 Å². The molecular weight excluding hydrogens is 221 g/mol. The summed E-state index contributed by atoms with van der Waals surface area (Å²) in [5, 5.41) is 9.40. The highest BCUT2D eigenvalue weighted by Gasteiger charge is 2.04. The van der Waals surface area contributed by atoms with E-state index in [1.54, 1.807) is 12.1 Å². The van der Waals surface area contributed by atoms with Crippen molar-refractivity contribution in [1.29, 1.82) is 5.26 Å². The maximum absolute atomic E-state index is 8.73. The zero-order chi connectivity index (χ0) is 10.1. The Morgan fingerprint density at radius 3 is 2.71 bits per heavy atom. The molecule has 5 heteroatoms. The minimum absolute atomic E-state index is 0.295. The number of nitriles is 1. The zero-order valence-corrected chi connectivity index (χ0v) is 8.34. The molecule has 0 saturated heterocycles. The lowest BCUT2D eigenvalue weighted by Gasteiger charge is -1.99. The summed E-state index contributed by atoms with van der Waals surface area (Å²) in [6.45, 7) is 0. The number of nitrogens with zero attached hydrogens (tertiary/aromatic N) is 3. The number of hydrogen-bond donors (Lipinski definition) is 0. The van der Waals surface area contributed by atoms with E-state index in [2.05, 4.69) is 9.97 Å². The fraction of sp³-hybridized carbons (Fsp3) is 0. The van der Waals surface area contributed by atoms with Crippen LogP contribution in [-0.4, -0.2) is 9.97 Å². The number of halogens is 2. The van der Waals surface area contributed by atoms with E-state index in [9.17, 15) is 0 Å². The van der Waals surface area contributed by atoms with Crippen molar-refractivity contribution in [2.75, 3.05) is 0 Å². The number of hydrogen-bond acceptors (Lipinski definition) is 3. The summed E-state index contributed by atoms with van der Waals surface area (Å²) in [6.07, 6.45) is 1.44. The smallest absolute Gasteiger partial charge is 0.148 e. The van der Waals surface area contributed by atoms with E-state index in [0.29, 0.717) is 26.8 Å². The van der Waals surface area contributed by atoms with E-state index in [1.165, 1.54) is 6.20 Å². The van der Waals surface area contributed by atoms with Gasteiger partial charge in [-0.2, -0.15) is 5.26 Å². The van der Waals surface area contributed by atoms with Crippen molar-refractivity contribution < 1.29 is 0 Å². The molecule has 0 amide bonds. The van der Waals surface area contributed by atoms with Gasteiger partial charge in [-0.25, -0.2) is 4.98 Å². The average Bonchev–Trinajstić information content (AvgIpc) is 2.17. The summed E-state index contributed by atoms with van der Waals surface area (Å²) in [7, 11) is 0. The quantitative estimate of drug-likeness (QED) is 0.691. The molecule has 68 valence electrons. The number of aromatic nitrogens is 2. The maximum Gasteiger partial charge on any atom is 0.148 e. The monoisotopic (exact) mass is 223 g/mol. The molecule has 0 atom stereocenters. The van der Waals surface area contributed by atoms with Crippen LogP contribution < -0.4 is 0 Å². The van der Waals surface area contributed by atoms with Gasteiger partial charge >= 0.3 is 0 Å². The molecule has 0 aliphatic rings. The van der Waals surface area contributed by atoms with Crippen LogP contribution in [0.25, 0.3) is 11.0 Å². The lowest BCUT2D eigenvalue weighted by atomic mass is 10.2. The van der Waals surface area contributed by atoms with Gasteiger partial charge in [0.25, 0.3) is 0 Å². The van der Waals surface area contributed by atoms with Gasteiger partial charge in [-0.05, 0) is 12.1 Å². The van der Waals surface area contributed by atoms with Gasteiger partial charge in [-0.3, -0.25) is 4.98 Å². The van der Waals surface area contributed by atoms with Crippen LogP contribution in [0.15, 0.2) is 18.3 Å². The highest BCUT2D eigenvalue weighted by atomic mass is 35.5. The van der Waals surface area contributed by atoms with Gasteiger partial charge in [0.1, 0.15) is 11.2 Å². The van der Waals surface area contributed by atoms with Crippen LogP contribution in [0.5, 0.6) is 0 Å². The Kier molecular flexibility index (Phi) is 2.24. The molecule has 0 fully saturated rings. The van der Waals surface area contributed by atoms with Gasteiger partial charge in [-0.15, -0.1) is 0 Å². The molecule has 14 heavy (non-hydrogen) atoms. The normalized spacial score (nSPS) is 10.1. The standard InChI is InChI=1S/C9H3Cl2N3/c10-6-2-7-8(1-5(6)3-12)14-9(11)4-13-7/h1-2,4H. The largest absolute Gasteiger partial charge is 0.251 e. The molecule has 0 spiro atoms. The third kappa shape index (κ3) is 1.50. The molecule has 2 rings (SSSR count). The van der Waals surface area contributed by atoms with Gasteiger partial charge < -0.3 is 0 Å². The maximum atomic E-state index is 8.73. The summed E-state index contributed by atoms with van der Waals surface area (Å²) in [5.41, 5.74) is 1.56. The lowest BCUT2D eigenvalue weighted by molar-refractivity contribution is 1.29. The summed E-state index contributed by atoms with van der Waals surface area (Å²) < 4.78 is 0. The highest BCUT2D eigenvalue weighted by Crippen LogP contribution is 2.21. The van der Waals surface area contributed by atoms with Crippen molar-refractivity contribution in [3.63, 3.8) is 0 Å². The van der Waals surface area contributed by atoms with Crippen molar-refractivity contribution >= 4 is 34.2 Å². The van der Waals surface area contributed by atoms with E-state index in [1.807, 2.05) is 6.07 Å². The summed E-state index contributed by atoms with van der Waals surface area (Å²) >= 11 is 11.5. The van der Waals surface area contributed by atoms with E-state index in [-0.39, 0.29) is 0 Å². The second-order valence-electron chi connectivity index (χ2n) is 2.63. The molecule has 0 aliphatic carbocycles. The Morgan fingerprint density at radius 1 is 1.21 bits per heavy atom. The van der Waals surface area contributed by atoms with Gasteiger partial charge in [0, 0.05) is 0 Å². The molecule has 1 aromatic carbocycles. The average molecular weight is 224 g/mol. The number of fused-ring (bicyclic) bond motifs is 1. The predicted octanol–water partition coefficient (Wildman–Crippen LogP) is 2.81. The van der Waals surface area contributed by atoms with Crippen LogP contribution in [0.1, 0.15) is 5.56 Å². The molecule has 0 aliphatic heterocycles. The third-order valence-corrected chi connectivity index (χ3v) is 2.22. The Balaban J connectivity index is 2.82. The van der Waals surface area contributed by atoms with Crippen molar-refractivity contribution in [2.24, 2.45) is 0 Å². The second-order valence-corrected chi connectivity index (χ2v) is 3.42. The van der Waals surface area contributed by atoms with Crippen LogP contribution in [0, 0.1) is 11.3 Å². The summed E-state index contributed by atoms with van der Waals surface area (Å²) in [5.74, 6) is 0. The minimum Gasteiger partial charge on any atom is -0.251 e. The van der Waals surface area contributed by atoms with Crippen molar-refractivity contribution in [3.05, 3.63) is 34.1 Å². The molecular formula is C9H3Cl2N3. The van der Waals surface area contributed by atoms with Crippen LogP contribution in [0.2, 0.25) is 10.2 Å². The molecule has 0 saturated carbocycles. The molecule has 3 nitrogen and oxygen atoms in total. The Labute approximate surface area is 89.9 Å². The van der Waals surface area contributed by atoms with Crippen molar-refractivity contribution in [2.45, 2.75) is 0 Å². The van der Waals surface area contributed by atoms with Gasteiger partial charge in [0.2, 0.25) is 0 Å². The minimum atomic E-state index is 0.295. The summed E-state index contributed by atoms with van der Waals surface area (Å²) in [6, 6.07) is 5.13. The SMILES string of the molecule is N#Cc1cc2nc(Cl)cnc2cc1Cl. The molecule has 0 bridgehead atoms. The fourth-order valence-electron chi connectivity index (χ4n) is 1.10.